The van der Waals surface area contributed by atoms with Crippen molar-refractivity contribution in [3.63, 3.8) is 0 Å². The molecule has 0 aliphatic heterocycles. The van der Waals surface area contributed by atoms with Crippen molar-refractivity contribution in [3.05, 3.63) is 47.5 Å². The van der Waals surface area contributed by atoms with Crippen LogP contribution in [0.3, 0.4) is 0 Å². The minimum atomic E-state index is -0.524. The monoisotopic (exact) mass is 260 g/mol. The van der Waals surface area contributed by atoms with Crippen molar-refractivity contribution in [1.82, 2.24) is 9.78 Å². The fourth-order valence-corrected chi connectivity index (χ4v) is 1.65. The van der Waals surface area contributed by atoms with Gasteiger partial charge in [-0.2, -0.15) is 10.4 Å². The standard InChI is InChI=1S/C13H13FN4O/c14-13-2-1-12(5-11(13)6-15)16-7-10-8-17-18(9-10)3-4-19/h1-2,5,8-9,16,19H,3-4,7H2. The predicted octanol–water partition coefficient (Wildman–Crippen LogP) is 1.50. The first-order valence-electron chi connectivity index (χ1n) is 5.78. The summed E-state index contributed by atoms with van der Waals surface area (Å²) in [7, 11) is 0. The van der Waals surface area contributed by atoms with E-state index in [4.69, 9.17) is 10.4 Å². The highest BCUT2D eigenvalue weighted by Gasteiger charge is 2.03. The van der Waals surface area contributed by atoms with Gasteiger partial charge in [-0.25, -0.2) is 4.39 Å². The summed E-state index contributed by atoms with van der Waals surface area (Å²) >= 11 is 0. The lowest BCUT2D eigenvalue weighted by molar-refractivity contribution is 0.269. The van der Waals surface area contributed by atoms with Crippen LogP contribution in [0, 0.1) is 17.1 Å². The fourth-order valence-electron chi connectivity index (χ4n) is 1.65. The van der Waals surface area contributed by atoms with E-state index < -0.39 is 5.82 Å². The molecule has 0 unspecified atom stereocenters. The highest BCUT2D eigenvalue weighted by atomic mass is 19.1. The highest BCUT2D eigenvalue weighted by Crippen LogP contribution is 2.14. The quantitative estimate of drug-likeness (QED) is 0.854. The van der Waals surface area contributed by atoms with Crippen LogP contribution in [0.25, 0.3) is 0 Å². The minimum absolute atomic E-state index is 0.0148. The molecule has 0 saturated carbocycles. The van der Waals surface area contributed by atoms with Crippen molar-refractivity contribution < 1.29 is 9.50 Å². The molecule has 0 aliphatic carbocycles. The van der Waals surface area contributed by atoms with Crippen molar-refractivity contribution in [3.8, 4) is 6.07 Å². The molecular weight excluding hydrogens is 247 g/mol. The van der Waals surface area contributed by atoms with E-state index in [1.54, 1.807) is 23.0 Å². The van der Waals surface area contributed by atoms with Gasteiger partial charge in [0, 0.05) is 24.0 Å². The van der Waals surface area contributed by atoms with Crippen molar-refractivity contribution in [2.45, 2.75) is 13.1 Å². The minimum Gasteiger partial charge on any atom is -0.394 e. The summed E-state index contributed by atoms with van der Waals surface area (Å²) in [6.45, 7) is 1.01. The number of hydrogen-bond acceptors (Lipinski definition) is 4. The van der Waals surface area contributed by atoms with Crippen LogP contribution in [-0.4, -0.2) is 21.5 Å². The number of nitrogens with zero attached hydrogens (tertiary/aromatic N) is 3. The van der Waals surface area contributed by atoms with E-state index in [1.807, 2.05) is 6.20 Å². The second kappa shape index (κ2) is 5.98. The SMILES string of the molecule is N#Cc1cc(NCc2cnn(CCO)c2)ccc1F. The molecule has 0 bridgehead atoms. The molecule has 2 N–H and O–H groups in total. The Bertz CT molecular complexity index is 603. The number of benzene rings is 1. The predicted molar refractivity (Wildman–Crippen MR) is 67.8 cm³/mol. The number of anilines is 1. The second-order valence-corrected chi connectivity index (χ2v) is 4.00. The number of aromatic nitrogens is 2. The Kier molecular flexibility index (Phi) is 4.11. The van der Waals surface area contributed by atoms with Gasteiger partial charge in [-0.05, 0) is 18.2 Å². The number of rotatable bonds is 5. The summed E-state index contributed by atoms with van der Waals surface area (Å²) in [6.07, 6.45) is 3.51. The van der Waals surface area contributed by atoms with Crippen LogP contribution in [-0.2, 0) is 13.1 Å². The fraction of sp³-hybridized carbons (Fsp3) is 0.231. The van der Waals surface area contributed by atoms with Crippen LogP contribution in [0.4, 0.5) is 10.1 Å². The number of halogens is 1. The number of aliphatic hydroxyl groups excluding tert-OH is 1. The Balaban J connectivity index is 2.00. The van der Waals surface area contributed by atoms with Gasteiger partial charge in [0.15, 0.2) is 0 Å². The average molecular weight is 260 g/mol. The van der Waals surface area contributed by atoms with Gasteiger partial charge in [0.25, 0.3) is 0 Å². The van der Waals surface area contributed by atoms with Gasteiger partial charge in [-0.3, -0.25) is 4.68 Å². The molecule has 2 rings (SSSR count). The molecule has 0 spiro atoms. The Morgan fingerprint density at radius 1 is 1.47 bits per heavy atom. The van der Waals surface area contributed by atoms with E-state index in [9.17, 15) is 4.39 Å². The van der Waals surface area contributed by atoms with E-state index in [0.717, 1.165) is 5.56 Å². The smallest absolute Gasteiger partial charge is 0.141 e. The van der Waals surface area contributed by atoms with Crippen molar-refractivity contribution in [1.29, 1.82) is 5.26 Å². The lowest BCUT2D eigenvalue weighted by atomic mass is 10.2. The molecule has 0 amide bonds. The van der Waals surface area contributed by atoms with E-state index >= 15 is 0 Å². The Hall–Kier alpha value is -2.39. The van der Waals surface area contributed by atoms with E-state index in [2.05, 4.69) is 10.4 Å². The van der Waals surface area contributed by atoms with Gasteiger partial charge in [0.05, 0.1) is 24.9 Å². The lowest BCUT2D eigenvalue weighted by Gasteiger charge is -2.05. The molecule has 1 aromatic heterocycles. The van der Waals surface area contributed by atoms with Crippen molar-refractivity contribution in [2.24, 2.45) is 0 Å². The summed E-state index contributed by atoms with van der Waals surface area (Å²) in [4.78, 5) is 0. The van der Waals surface area contributed by atoms with Crippen LogP contribution in [0.15, 0.2) is 30.6 Å². The third-order valence-electron chi connectivity index (χ3n) is 2.60. The largest absolute Gasteiger partial charge is 0.394 e. The first-order valence-corrected chi connectivity index (χ1v) is 5.78. The van der Waals surface area contributed by atoms with Crippen LogP contribution in [0.1, 0.15) is 11.1 Å². The maximum absolute atomic E-state index is 13.1. The number of hydrogen-bond donors (Lipinski definition) is 2. The average Bonchev–Trinajstić information content (AvgIpc) is 2.86. The summed E-state index contributed by atoms with van der Waals surface area (Å²) in [5, 5.41) is 24.7. The lowest BCUT2D eigenvalue weighted by Crippen LogP contribution is -2.02. The number of nitrogens with one attached hydrogen (secondary N) is 1. The van der Waals surface area contributed by atoms with Gasteiger partial charge in [0.1, 0.15) is 11.9 Å². The summed E-state index contributed by atoms with van der Waals surface area (Å²) < 4.78 is 14.8. The molecule has 0 saturated heterocycles. The molecule has 2 aromatic rings. The van der Waals surface area contributed by atoms with Gasteiger partial charge in [-0.15, -0.1) is 0 Å². The molecule has 0 atom stereocenters. The third-order valence-corrected chi connectivity index (χ3v) is 2.60. The maximum Gasteiger partial charge on any atom is 0.141 e. The first-order chi connectivity index (χ1) is 9.22. The number of aliphatic hydroxyl groups is 1. The molecular formula is C13H13FN4O. The Morgan fingerprint density at radius 2 is 2.32 bits per heavy atom. The summed E-state index contributed by atoms with van der Waals surface area (Å²) in [5.74, 6) is -0.524. The summed E-state index contributed by atoms with van der Waals surface area (Å²) in [6, 6.07) is 6.10. The molecule has 0 radical (unpaired) electrons. The van der Waals surface area contributed by atoms with E-state index in [0.29, 0.717) is 18.8 Å². The molecule has 5 nitrogen and oxygen atoms in total. The van der Waals surface area contributed by atoms with E-state index in [-0.39, 0.29) is 12.2 Å². The molecule has 1 heterocycles. The van der Waals surface area contributed by atoms with Gasteiger partial charge < -0.3 is 10.4 Å². The molecule has 1 aromatic carbocycles. The van der Waals surface area contributed by atoms with Crippen LogP contribution in [0.5, 0.6) is 0 Å². The zero-order chi connectivity index (χ0) is 13.7. The number of nitriles is 1. The molecule has 0 aliphatic rings. The van der Waals surface area contributed by atoms with Gasteiger partial charge >= 0.3 is 0 Å². The van der Waals surface area contributed by atoms with Crippen LogP contribution >= 0.6 is 0 Å². The molecule has 19 heavy (non-hydrogen) atoms. The zero-order valence-corrected chi connectivity index (χ0v) is 10.2. The Labute approximate surface area is 109 Å². The molecule has 98 valence electrons. The van der Waals surface area contributed by atoms with Crippen LogP contribution in [0.2, 0.25) is 0 Å². The highest BCUT2D eigenvalue weighted by molar-refractivity contribution is 5.50. The normalized spacial score (nSPS) is 10.2. The van der Waals surface area contributed by atoms with E-state index in [1.165, 1.54) is 12.1 Å². The van der Waals surface area contributed by atoms with Crippen LogP contribution < -0.4 is 5.32 Å². The molecule has 6 heteroatoms. The van der Waals surface area contributed by atoms with Gasteiger partial charge in [0.2, 0.25) is 0 Å². The first kappa shape index (κ1) is 13.1. The van der Waals surface area contributed by atoms with Crippen molar-refractivity contribution in [2.75, 3.05) is 11.9 Å². The topological polar surface area (TPSA) is 73.9 Å². The molecule has 0 fully saturated rings. The zero-order valence-electron chi connectivity index (χ0n) is 10.2. The third kappa shape index (κ3) is 3.30. The van der Waals surface area contributed by atoms with Gasteiger partial charge in [-0.1, -0.05) is 0 Å². The summed E-state index contributed by atoms with van der Waals surface area (Å²) in [5.41, 5.74) is 1.63. The Morgan fingerprint density at radius 3 is 3.05 bits per heavy atom. The maximum atomic E-state index is 13.1. The van der Waals surface area contributed by atoms with Crippen molar-refractivity contribution >= 4 is 5.69 Å². The second-order valence-electron chi connectivity index (χ2n) is 4.00.